The molecule has 39 heavy (non-hydrogen) atoms. The standard InChI is InChI=1S/C28H26F3N7O/c1-19-17-38-24(15-34-26(38)16-33-19)6-3-20-11-22(14-32-13-20)27(39)35-23-5-4-21(25(12-23)28(29,30)31)18-37-9-7-36(2)8-10-37/h4-5,11-17H,7-10,18H2,1-2H3,(H,35,39). The van der Waals surface area contributed by atoms with Crippen LogP contribution in [0, 0.1) is 18.8 Å². The second-order valence-electron chi connectivity index (χ2n) is 9.52. The van der Waals surface area contributed by atoms with Crippen molar-refractivity contribution in [1.82, 2.24) is 29.2 Å². The van der Waals surface area contributed by atoms with Crippen LogP contribution in [0.3, 0.4) is 0 Å². The summed E-state index contributed by atoms with van der Waals surface area (Å²) in [7, 11) is 1.99. The molecule has 5 rings (SSSR count). The van der Waals surface area contributed by atoms with Crippen LogP contribution in [-0.2, 0) is 12.7 Å². The minimum Gasteiger partial charge on any atom is -0.322 e. The molecule has 0 aliphatic carbocycles. The number of pyridine rings is 1. The summed E-state index contributed by atoms with van der Waals surface area (Å²) < 4.78 is 43.5. The average molecular weight is 534 g/mol. The maximum absolute atomic E-state index is 13.9. The van der Waals surface area contributed by atoms with Crippen molar-refractivity contribution in [3.05, 3.63) is 88.9 Å². The van der Waals surface area contributed by atoms with Crippen molar-refractivity contribution in [2.24, 2.45) is 0 Å². The number of nitrogens with one attached hydrogen (secondary N) is 1. The number of likely N-dealkylation sites (N-methyl/N-ethyl adjacent to an activating group) is 1. The van der Waals surface area contributed by atoms with Crippen molar-refractivity contribution >= 4 is 17.2 Å². The molecule has 0 radical (unpaired) electrons. The lowest BCUT2D eigenvalue weighted by Crippen LogP contribution is -2.44. The Bertz CT molecular complexity index is 1580. The average Bonchev–Trinajstić information content (AvgIpc) is 3.31. The molecule has 1 aliphatic heterocycles. The summed E-state index contributed by atoms with van der Waals surface area (Å²) in [5.74, 6) is 5.40. The van der Waals surface area contributed by atoms with Gasteiger partial charge in [0.1, 0.15) is 5.69 Å². The number of anilines is 1. The second kappa shape index (κ2) is 10.8. The number of aromatic nitrogens is 4. The highest BCUT2D eigenvalue weighted by atomic mass is 19.4. The third-order valence-electron chi connectivity index (χ3n) is 6.52. The molecule has 1 saturated heterocycles. The van der Waals surface area contributed by atoms with Crippen molar-refractivity contribution in [1.29, 1.82) is 0 Å². The zero-order chi connectivity index (χ0) is 27.6. The Hall–Kier alpha value is -4.27. The van der Waals surface area contributed by atoms with Gasteiger partial charge in [0, 0.05) is 62.6 Å². The van der Waals surface area contributed by atoms with E-state index in [2.05, 4.69) is 37.0 Å². The Balaban J connectivity index is 1.33. The number of benzene rings is 1. The van der Waals surface area contributed by atoms with E-state index in [0.717, 1.165) is 24.8 Å². The molecule has 4 heterocycles. The molecule has 1 aromatic carbocycles. The molecule has 1 aliphatic rings. The molecule has 1 fully saturated rings. The van der Waals surface area contributed by atoms with E-state index in [9.17, 15) is 18.0 Å². The van der Waals surface area contributed by atoms with Crippen LogP contribution in [0.15, 0.2) is 55.2 Å². The van der Waals surface area contributed by atoms with Gasteiger partial charge in [-0.15, -0.1) is 0 Å². The number of carbonyl (C=O) groups excluding carboxylic acids is 1. The molecule has 0 spiro atoms. The van der Waals surface area contributed by atoms with Crippen LogP contribution in [0.2, 0.25) is 0 Å². The second-order valence-corrected chi connectivity index (χ2v) is 9.52. The van der Waals surface area contributed by atoms with Gasteiger partial charge in [-0.05, 0) is 43.7 Å². The summed E-state index contributed by atoms with van der Waals surface area (Å²) in [4.78, 5) is 29.6. The van der Waals surface area contributed by atoms with E-state index in [1.54, 1.807) is 12.4 Å². The number of halogens is 3. The van der Waals surface area contributed by atoms with Crippen LogP contribution in [-0.4, -0.2) is 68.3 Å². The molecule has 0 atom stereocenters. The summed E-state index contributed by atoms with van der Waals surface area (Å²) >= 11 is 0. The third-order valence-corrected chi connectivity index (χ3v) is 6.52. The Kier molecular flexibility index (Phi) is 7.32. The Labute approximate surface area is 223 Å². The number of imidazole rings is 1. The van der Waals surface area contributed by atoms with Gasteiger partial charge in [0.25, 0.3) is 5.91 Å². The van der Waals surface area contributed by atoms with Crippen molar-refractivity contribution < 1.29 is 18.0 Å². The van der Waals surface area contributed by atoms with E-state index in [1.165, 1.54) is 30.6 Å². The molecule has 200 valence electrons. The number of hydrogen-bond donors (Lipinski definition) is 1. The lowest BCUT2D eigenvalue weighted by Gasteiger charge is -2.33. The van der Waals surface area contributed by atoms with Gasteiger partial charge in [-0.3, -0.25) is 24.1 Å². The highest BCUT2D eigenvalue weighted by Crippen LogP contribution is 2.34. The maximum atomic E-state index is 13.9. The molecule has 1 N–H and O–H groups in total. The van der Waals surface area contributed by atoms with Crippen LogP contribution in [0.5, 0.6) is 0 Å². The molecule has 1 amide bonds. The number of aryl methyl sites for hydroxylation is 1. The minimum absolute atomic E-state index is 0.0562. The summed E-state index contributed by atoms with van der Waals surface area (Å²) in [6, 6.07) is 5.46. The topological polar surface area (TPSA) is 78.7 Å². The van der Waals surface area contributed by atoms with Gasteiger partial charge in [-0.25, -0.2) is 4.98 Å². The first-order valence-corrected chi connectivity index (χ1v) is 12.3. The van der Waals surface area contributed by atoms with Crippen LogP contribution in [0.4, 0.5) is 18.9 Å². The smallest absolute Gasteiger partial charge is 0.322 e. The lowest BCUT2D eigenvalue weighted by molar-refractivity contribution is -0.138. The fraction of sp³-hybridized carbons (Fsp3) is 0.286. The predicted molar refractivity (Wildman–Crippen MR) is 140 cm³/mol. The highest BCUT2D eigenvalue weighted by Gasteiger charge is 2.34. The van der Waals surface area contributed by atoms with E-state index in [0.29, 0.717) is 30.0 Å². The van der Waals surface area contributed by atoms with Crippen LogP contribution < -0.4 is 5.32 Å². The van der Waals surface area contributed by atoms with Gasteiger partial charge in [-0.1, -0.05) is 12.0 Å². The number of fused-ring (bicyclic) bond motifs is 1. The fourth-order valence-corrected chi connectivity index (χ4v) is 4.35. The van der Waals surface area contributed by atoms with Gasteiger partial charge in [0.05, 0.1) is 29.2 Å². The zero-order valence-electron chi connectivity index (χ0n) is 21.5. The number of alkyl halides is 3. The van der Waals surface area contributed by atoms with Gasteiger partial charge < -0.3 is 10.2 Å². The first-order valence-electron chi connectivity index (χ1n) is 12.3. The monoisotopic (exact) mass is 533 g/mol. The van der Waals surface area contributed by atoms with Crippen LogP contribution in [0.25, 0.3) is 5.65 Å². The van der Waals surface area contributed by atoms with E-state index in [4.69, 9.17) is 0 Å². The SMILES string of the molecule is Cc1cn2c(C#Cc3cncc(C(=O)Nc4ccc(CN5CCN(C)CC5)c(C(F)(F)F)c4)c3)cnc2cn1. The number of nitrogens with zero attached hydrogens (tertiary/aromatic N) is 6. The number of hydrogen-bond acceptors (Lipinski definition) is 6. The molecule has 0 saturated carbocycles. The first kappa shape index (κ1) is 26.3. The Morgan fingerprint density at radius 2 is 1.82 bits per heavy atom. The Morgan fingerprint density at radius 1 is 1.03 bits per heavy atom. The van der Waals surface area contributed by atoms with Crippen molar-refractivity contribution in [2.75, 3.05) is 38.5 Å². The van der Waals surface area contributed by atoms with Crippen molar-refractivity contribution in [3.63, 3.8) is 0 Å². The van der Waals surface area contributed by atoms with Gasteiger partial charge in [-0.2, -0.15) is 13.2 Å². The number of piperazine rings is 1. The molecule has 0 unspecified atom stereocenters. The Morgan fingerprint density at radius 3 is 2.59 bits per heavy atom. The van der Waals surface area contributed by atoms with Gasteiger partial charge >= 0.3 is 6.18 Å². The molecular formula is C28H26F3N7O. The van der Waals surface area contributed by atoms with E-state index in [-0.39, 0.29) is 23.4 Å². The summed E-state index contributed by atoms with van der Waals surface area (Å²) in [5, 5.41) is 2.57. The summed E-state index contributed by atoms with van der Waals surface area (Å²) in [6.45, 7) is 5.08. The normalized spacial score (nSPS) is 14.7. The number of rotatable bonds is 4. The molecule has 8 nitrogen and oxygen atoms in total. The van der Waals surface area contributed by atoms with E-state index in [1.807, 2.05) is 29.5 Å². The quantitative estimate of drug-likeness (QED) is 0.402. The highest BCUT2D eigenvalue weighted by molar-refractivity contribution is 6.04. The molecule has 11 heteroatoms. The largest absolute Gasteiger partial charge is 0.416 e. The minimum atomic E-state index is -4.55. The lowest BCUT2D eigenvalue weighted by atomic mass is 10.0. The molecular weight excluding hydrogens is 507 g/mol. The molecule has 0 bridgehead atoms. The van der Waals surface area contributed by atoms with Crippen LogP contribution >= 0.6 is 0 Å². The summed E-state index contributed by atoms with van der Waals surface area (Å²) in [5.41, 5.74) is 2.24. The predicted octanol–water partition coefficient (Wildman–Crippen LogP) is 3.85. The molecule has 4 aromatic rings. The van der Waals surface area contributed by atoms with Gasteiger partial charge in [0.15, 0.2) is 5.65 Å². The number of amides is 1. The van der Waals surface area contributed by atoms with Crippen molar-refractivity contribution in [3.8, 4) is 11.8 Å². The van der Waals surface area contributed by atoms with Crippen molar-refractivity contribution in [2.45, 2.75) is 19.6 Å². The maximum Gasteiger partial charge on any atom is 0.416 e. The first-order chi connectivity index (χ1) is 18.7. The fourth-order valence-electron chi connectivity index (χ4n) is 4.35. The van der Waals surface area contributed by atoms with Crippen LogP contribution in [0.1, 0.15) is 38.4 Å². The third kappa shape index (κ3) is 6.25. The van der Waals surface area contributed by atoms with Gasteiger partial charge in [0.2, 0.25) is 0 Å². The zero-order valence-corrected chi connectivity index (χ0v) is 21.5. The van der Waals surface area contributed by atoms with E-state index >= 15 is 0 Å². The van der Waals surface area contributed by atoms with E-state index < -0.39 is 17.6 Å². The number of carbonyl (C=O) groups is 1. The molecule has 3 aromatic heterocycles. The summed E-state index contributed by atoms with van der Waals surface area (Å²) in [6.07, 6.45) is 3.40.